The van der Waals surface area contributed by atoms with Crippen molar-refractivity contribution in [3.8, 4) is 17.0 Å². The number of aromatic hydroxyl groups is 1. The van der Waals surface area contributed by atoms with Crippen LogP contribution in [0.15, 0.2) is 54.7 Å². The lowest BCUT2D eigenvalue weighted by Gasteiger charge is -2.42. The van der Waals surface area contributed by atoms with Gasteiger partial charge in [-0.25, -0.2) is 9.07 Å². The summed E-state index contributed by atoms with van der Waals surface area (Å²) in [4.78, 5) is 16.5. The molecule has 4 rings (SSSR count). The smallest absolute Gasteiger partial charge is 0.254 e. The van der Waals surface area contributed by atoms with Crippen LogP contribution >= 0.6 is 0 Å². The number of ether oxygens (including phenoxy) is 1. The van der Waals surface area contributed by atoms with Crippen molar-refractivity contribution in [2.45, 2.75) is 30.5 Å². The molecule has 1 fully saturated rings. The Kier molecular flexibility index (Phi) is 8.03. The van der Waals surface area contributed by atoms with Crippen molar-refractivity contribution in [2.75, 3.05) is 38.7 Å². The number of aliphatic hydroxyl groups excluding tert-OH is 3. The van der Waals surface area contributed by atoms with Gasteiger partial charge in [0.25, 0.3) is 5.91 Å². The van der Waals surface area contributed by atoms with Gasteiger partial charge in [-0.2, -0.15) is 0 Å². The van der Waals surface area contributed by atoms with Gasteiger partial charge >= 0.3 is 0 Å². The maximum absolute atomic E-state index is 13.6. The SMILES string of the molecule is CN(CCN(C)c1ccc(O)cc1)C(=O)[C@@H]1O[C@H](CO)[C@H](O)[C@H](n2cc(-c3cccc(F)c3)nn2)[C@H]1O. The Hall–Kier alpha value is -3.58. The van der Waals surface area contributed by atoms with E-state index in [0.717, 1.165) is 5.69 Å². The normalized spacial score (nSPS) is 23.6. The number of aromatic nitrogens is 3. The highest BCUT2D eigenvalue weighted by Crippen LogP contribution is 2.31. The molecule has 5 atom stereocenters. The van der Waals surface area contributed by atoms with E-state index >= 15 is 0 Å². The highest BCUT2D eigenvalue weighted by Gasteiger charge is 2.49. The Labute approximate surface area is 212 Å². The summed E-state index contributed by atoms with van der Waals surface area (Å²) in [5.74, 6) is -0.839. The van der Waals surface area contributed by atoms with E-state index in [1.165, 1.54) is 34.0 Å². The largest absolute Gasteiger partial charge is 0.508 e. The van der Waals surface area contributed by atoms with Crippen LogP contribution in [0.3, 0.4) is 0 Å². The molecular weight excluding hydrogens is 485 g/mol. The number of carbonyl (C=O) groups excluding carboxylic acids is 1. The number of amides is 1. The summed E-state index contributed by atoms with van der Waals surface area (Å²) in [6, 6.07) is 11.2. The third-order valence-corrected chi connectivity index (χ3v) is 6.51. The number of halogens is 1. The molecule has 1 amide bonds. The molecule has 198 valence electrons. The zero-order valence-electron chi connectivity index (χ0n) is 20.4. The third-order valence-electron chi connectivity index (χ3n) is 6.51. The van der Waals surface area contributed by atoms with Crippen molar-refractivity contribution in [3.05, 3.63) is 60.5 Å². The minimum Gasteiger partial charge on any atom is -0.508 e. The molecule has 2 aromatic carbocycles. The monoisotopic (exact) mass is 515 g/mol. The predicted octanol–water partition coefficient (Wildman–Crippen LogP) is 0.407. The van der Waals surface area contributed by atoms with Gasteiger partial charge in [0.2, 0.25) is 0 Å². The van der Waals surface area contributed by atoms with Crippen LogP contribution in [0.25, 0.3) is 11.3 Å². The first-order valence-electron chi connectivity index (χ1n) is 11.7. The summed E-state index contributed by atoms with van der Waals surface area (Å²) < 4.78 is 20.5. The molecule has 11 nitrogen and oxygen atoms in total. The fraction of sp³-hybridized carbons (Fsp3) is 0.400. The summed E-state index contributed by atoms with van der Waals surface area (Å²) >= 11 is 0. The fourth-order valence-electron chi connectivity index (χ4n) is 4.28. The molecule has 0 aliphatic carbocycles. The van der Waals surface area contributed by atoms with Gasteiger partial charge < -0.3 is 35.0 Å². The minimum atomic E-state index is -1.51. The second-order valence-corrected chi connectivity index (χ2v) is 9.04. The molecule has 0 spiro atoms. The van der Waals surface area contributed by atoms with Crippen LogP contribution in [0.4, 0.5) is 10.1 Å². The average molecular weight is 516 g/mol. The van der Waals surface area contributed by atoms with Gasteiger partial charge in [0.15, 0.2) is 6.10 Å². The first kappa shape index (κ1) is 26.5. The van der Waals surface area contributed by atoms with Crippen molar-refractivity contribution < 1.29 is 34.3 Å². The molecule has 1 aromatic heterocycles. The summed E-state index contributed by atoms with van der Waals surface area (Å²) in [5.41, 5.74) is 1.60. The maximum atomic E-state index is 13.6. The molecule has 1 aliphatic heterocycles. The van der Waals surface area contributed by atoms with Crippen LogP contribution in [-0.2, 0) is 9.53 Å². The van der Waals surface area contributed by atoms with Gasteiger partial charge in [0.1, 0.15) is 41.6 Å². The highest BCUT2D eigenvalue weighted by atomic mass is 19.1. The Morgan fingerprint density at radius 1 is 1.11 bits per heavy atom. The van der Waals surface area contributed by atoms with Crippen LogP contribution in [0, 0.1) is 5.82 Å². The van der Waals surface area contributed by atoms with E-state index in [0.29, 0.717) is 17.8 Å². The number of phenols is 1. The number of benzene rings is 2. The fourth-order valence-corrected chi connectivity index (χ4v) is 4.28. The topological polar surface area (TPSA) is 144 Å². The Bertz CT molecular complexity index is 1210. The van der Waals surface area contributed by atoms with Gasteiger partial charge in [0.05, 0.1) is 12.8 Å². The first-order valence-corrected chi connectivity index (χ1v) is 11.7. The number of likely N-dealkylation sites (N-methyl/N-ethyl adjacent to an activating group) is 2. The Morgan fingerprint density at radius 2 is 1.84 bits per heavy atom. The van der Waals surface area contributed by atoms with Crippen molar-refractivity contribution in [3.63, 3.8) is 0 Å². The quantitative estimate of drug-likeness (QED) is 0.335. The van der Waals surface area contributed by atoms with Crippen LogP contribution < -0.4 is 4.90 Å². The van der Waals surface area contributed by atoms with Crippen LogP contribution in [0.2, 0.25) is 0 Å². The van der Waals surface area contributed by atoms with Crippen molar-refractivity contribution in [1.82, 2.24) is 19.9 Å². The number of anilines is 1. The van der Waals surface area contributed by atoms with Gasteiger partial charge in [-0.1, -0.05) is 17.3 Å². The predicted molar refractivity (Wildman–Crippen MR) is 131 cm³/mol. The van der Waals surface area contributed by atoms with E-state index in [4.69, 9.17) is 4.74 Å². The van der Waals surface area contributed by atoms with Crippen LogP contribution in [0.5, 0.6) is 5.75 Å². The van der Waals surface area contributed by atoms with E-state index in [1.54, 1.807) is 37.4 Å². The lowest BCUT2D eigenvalue weighted by molar-refractivity contribution is -0.210. The van der Waals surface area contributed by atoms with Crippen LogP contribution in [-0.4, -0.2) is 104 Å². The summed E-state index contributed by atoms with van der Waals surface area (Å²) in [7, 11) is 3.40. The standard InChI is InChI=1S/C25H30FN5O6/c1-29(17-6-8-18(33)9-7-17)10-11-30(2)25(36)24-23(35)21(22(34)20(14-32)37-24)31-13-19(27-28-31)15-4-3-5-16(26)12-15/h3-9,12-13,20-24,32-35H,10-11,14H2,1-2H3/t20-,21+,22+,23-,24-/m1/s1. The minimum absolute atomic E-state index is 0.151. The molecule has 0 unspecified atom stereocenters. The van der Waals surface area contributed by atoms with Crippen molar-refractivity contribution >= 4 is 11.6 Å². The number of nitrogens with zero attached hydrogens (tertiary/aromatic N) is 5. The van der Waals surface area contributed by atoms with Gasteiger partial charge in [0, 0.05) is 38.4 Å². The molecule has 12 heteroatoms. The van der Waals surface area contributed by atoms with Crippen molar-refractivity contribution in [2.24, 2.45) is 0 Å². The number of phenolic OH excluding ortho intramolecular Hbond substituents is 1. The van der Waals surface area contributed by atoms with E-state index in [1.807, 2.05) is 11.9 Å². The molecule has 4 N–H and O–H groups in total. The second-order valence-electron chi connectivity index (χ2n) is 9.04. The molecule has 2 heterocycles. The summed E-state index contributed by atoms with van der Waals surface area (Å²) in [5, 5.41) is 49.1. The molecular formula is C25H30FN5O6. The number of carbonyl (C=O) groups is 1. The number of aliphatic hydroxyl groups is 3. The van der Waals surface area contributed by atoms with E-state index in [2.05, 4.69) is 10.3 Å². The van der Waals surface area contributed by atoms with E-state index in [-0.39, 0.29) is 12.3 Å². The lowest BCUT2D eigenvalue weighted by Crippen LogP contribution is -2.60. The van der Waals surface area contributed by atoms with Gasteiger partial charge in [-0.05, 0) is 36.4 Å². The zero-order chi connectivity index (χ0) is 26.7. The van der Waals surface area contributed by atoms with Crippen LogP contribution in [0.1, 0.15) is 6.04 Å². The molecule has 1 aliphatic rings. The third kappa shape index (κ3) is 5.72. The molecule has 1 saturated heterocycles. The maximum Gasteiger partial charge on any atom is 0.254 e. The van der Waals surface area contributed by atoms with E-state index < -0.39 is 48.8 Å². The Balaban J connectivity index is 1.48. The van der Waals surface area contributed by atoms with Crippen molar-refractivity contribution in [1.29, 1.82) is 0 Å². The Morgan fingerprint density at radius 3 is 2.51 bits per heavy atom. The number of hydrogen-bond acceptors (Lipinski definition) is 9. The van der Waals surface area contributed by atoms with E-state index in [9.17, 15) is 29.6 Å². The number of hydrogen-bond donors (Lipinski definition) is 4. The lowest BCUT2D eigenvalue weighted by atomic mass is 9.92. The van der Waals surface area contributed by atoms with Gasteiger partial charge in [-0.3, -0.25) is 4.79 Å². The first-order chi connectivity index (χ1) is 17.7. The zero-order valence-corrected chi connectivity index (χ0v) is 20.4. The molecule has 0 bridgehead atoms. The highest BCUT2D eigenvalue weighted by molar-refractivity contribution is 5.81. The number of rotatable bonds is 8. The summed E-state index contributed by atoms with van der Waals surface area (Å²) in [6.45, 7) is 0.144. The molecule has 0 radical (unpaired) electrons. The average Bonchev–Trinajstić information content (AvgIpc) is 3.37. The molecule has 0 saturated carbocycles. The molecule has 37 heavy (non-hydrogen) atoms. The molecule has 3 aromatic rings. The van der Waals surface area contributed by atoms with Gasteiger partial charge in [-0.15, -0.1) is 5.10 Å². The second kappa shape index (κ2) is 11.2. The summed E-state index contributed by atoms with van der Waals surface area (Å²) in [6.07, 6.45) is -4.00.